The van der Waals surface area contributed by atoms with E-state index in [0.717, 1.165) is 0 Å². The minimum Gasteiger partial charge on any atom is -0.396 e. The number of hydrogen-bond donors (Lipinski definition) is 1. The smallest absolute Gasteiger partial charge is 0.225 e. The lowest BCUT2D eigenvalue weighted by atomic mass is 10.4. The van der Waals surface area contributed by atoms with Crippen molar-refractivity contribution in [3.63, 3.8) is 0 Å². The molecule has 1 saturated heterocycles. The Morgan fingerprint density at radius 3 is 2.18 bits per heavy atom. The summed E-state index contributed by atoms with van der Waals surface area (Å²) in [6.45, 7) is 2.12. The Balaban J connectivity index is 2.02. The van der Waals surface area contributed by atoms with E-state index < -0.39 is 10.0 Å². The third-order valence-corrected chi connectivity index (χ3v) is 3.95. The lowest BCUT2D eigenvalue weighted by molar-refractivity contribution is 0.385. The van der Waals surface area contributed by atoms with E-state index in [-0.39, 0.29) is 0 Å². The highest BCUT2D eigenvalue weighted by molar-refractivity contribution is 7.88. The lowest BCUT2D eigenvalue weighted by Crippen LogP contribution is -2.48. The van der Waals surface area contributed by atoms with Gasteiger partial charge in [-0.3, -0.25) is 0 Å². The van der Waals surface area contributed by atoms with Crippen LogP contribution < -0.4 is 10.6 Å². The van der Waals surface area contributed by atoms with Gasteiger partial charge in [0.05, 0.1) is 24.3 Å². The van der Waals surface area contributed by atoms with E-state index in [1.165, 1.54) is 10.6 Å². The van der Waals surface area contributed by atoms with E-state index in [1.54, 1.807) is 12.4 Å². The predicted octanol–water partition coefficient (Wildman–Crippen LogP) is -0.860. The van der Waals surface area contributed by atoms with Gasteiger partial charge in [0.15, 0.2) is 0 Å². The van der Waals surface area contributed by atoms with Crippen molar-refractivity contribution in [2.45, 2.75) is 0 Å². The third-order valence-electron chi connectivity index (χ3n) is 2.65. The molecule has 7 nitrogen and oxygen atoms in total. The van der Waals surface area contributed by atoms with Gasteiger partial charge in [0.1, 0.15) is 0 Å². The molecule has 2 N–H and O–H groups in total. The van der Waals surface area contributed by atoms with Crippen molar-refractivity contribution in [1.29, 1.82) is 0 Å². The Hall–Kier alpha value is -1.41. The molecule has 1 aromatic rings. The van der Waals surface area contributed by atoms with Gasteiger partial charge in [-0.1, -0.05) is 0 Å². The Morgan fingerprint density at radius 2 is 1.71 bits per heavy atom. The molecule has 0 radical (unpaired) electrons. The summed E-state index contributed by atoms with van der Waals surface area (Å²) < 4.78 is 24.1. The quantitative estimate of drug-likeness (QED) is 0.741. The highest BCUT2D eigenvalue weighted by atomic mass is 32.2. The van der Waals surface area contributed by atoms with Crippen molar-refractivity contribution in [1.82, 2.24) is 14.3 Å². The molecule has 2 heterocycles. The Bertz CT molecular complexity index is 479. The molecule has 0 spiro atoms. The maximum Gasteiger partial charge on any atom is 0.225 e. The van der Waals surface area contributed by atoms with Crippen LogP contribution in [0.1, 0.15) is 0 Å². The molecule has 0 unspecified atom stereocenters. The molecule has 1 aromatic heterocycles. The van der Waals surface area contributed by atoms with Gasteiger partial charge in [-0.15, -0.1) is 0 Å². The average molecular weight is 257 g/mol. The summed E-state index contributed by atoms with van der Waals surface area (Å²) in [6, 6.07) is 0. The van der Waals surface area contributed by atoms with Gasteiger partial charge in [-0.05, 0) is 0 Å². The van der Waals surface area contributed by atoms with E-state index in [9.17, 15) is 8.42 Å². The number of sulfonamides is 1. The molecular weight excluding hydrogens is 242 g/mol. The van der Waals surface area contributed by atoms with E-state index >= 15 is 0 Å². The molecule has 17 heavy (non-hydrogen) atoms. The van der Waals surface area contributed by atoms with Gasteiger partial charge in [0.25, 0.3) is 0 Å². The second-order valence-electron chi connectivity index (χ2n) is 3.97. The highest BCUT2D eigenvalue weighted by Crippen LogP contribution is 2.12. The fraction of sp³-hybridized carbons (Fsp3) is 0.556. The molecule has 0 bridgehead atoms. The summed E-state index contributed by atoms with van der Waals surface area (Å²) in [5.74, 6) is 0.590. The summed E-state index contributed by atoms with van der Waals surface area (Å²) in [7, 11) is -3.09. The third kappa shape index (κ3) is 2.83. The van der Waals surface area contributed by atoms with Crippen LogP contribution >= 0.6 is 0 Å². The molecule has 1 aliphatic rings. The Morgan fingerprint density at radius 1 is 1.18 bits per heavy atom. The number of rotatable bonds is 2. The summed E-state index contributed by atoms with van der Waals surface area (Å²) >= 11 is 0. The fourth-order valence-electron chi connectivity index (χ4n) is 1.71. The molecule has 0 atom stereocenters. The monoisotopic (exact) mass is 257 g/mol. The van der Waals surface area contributed by atoms with Crippen LogP contribution in [0.15, 0.2) is 12.4 Å². The van der Waals surface area contributed by atoms with Gasteiger partial charge in [0.2, 0.25) is 16.0 Å². The zero-order valence-corrected chi connectivity index (χ0v) is 10.4. The van der Waals surface area contributed by atoms with Crippen molar-refractivity contribution >= 4 is 21.7 Å². The first-order chi connectivity index (χ1) is 7.97. The number of hydrogen-bond acceptors (Lipinski definition) is 6. The van der Waals surface area contributed by atoms with Gasteiger partial charge in [-0.2, -0.15) is 4.31 Å². The van der Waals surface area contributed by atoms with Crippen LogP contribution in [-0.4, -0.2) is 55.1 Å². The minimum atomic E-state index is -3.09. The van der Waals surface area contributed by atoms with E-state index in [2.05, 4.69) is 9.97 Å². The average Bonchev–Trinajstić information content (AvgIpc) is 2.29. The van der Waals surface area contributed by atoms with Crippen molar-refractivity contribution in [3.8, 4) is 0 Å². The summed E-state index contributed by atoms with van der Waals surface area (Å²) in [5.41, 5.74) is 6.02. The first-order valence-corrected chi connectivity index (χ1v) is 7.09. The molecule has 0 saturated carbocycles. The van der Waals surface area contributed by atoms with Crippen LogP contribution in [0, 0.1) is 0 Å². The topological polar surface area (TPSA) is 92.4 Å². The first kappa shape index (κ1) is 12.1. The first-order valence-electron chi connectivity index (χ1n) is 5.24. The molecule has 2 rings (SSSR count). The molecule has 1 aliphatic heterocycles. The molecule has 8 heteroatoms. The van der Waals surface area contributed by atoms with Crippen LogP contribution in [0.2, 0.25) is 0 Å². The normalized spacial score (nSPS) is 18.3. The van der Waals surface area contributed by atoms with E-state index in [1.807, 2.05) is 4.90 Å². The lowest BCUT2D eigenvalue weighted by Gasteiger charge is -2.33. The molecule has 0 amide bonds. The number of nitrogens with two attached hydrogens (primary N) is 1. The van der Waals surface area contributed by atoms with Crippen molar-refractivity contribution in [3.05, 3.63) is 12.4 Å². The van der Waals surface area contributed by atoms with Crippen molar-refractivity contribution in [2.75, 3.05) is 43.1 Å². The molecule has 94 valence electrons. The number of anilines is 2. The largest absolute Gasteiger partial charge is 0.396 e. The molecule has 0 aromatic carbocycles. The second-order valence-corrected chi connectivity index (χ2v) is 5.95. The summed E-state index contributed by atoms with van der Waals surface area (Å²) in [4.78, 5) is 10.2. The number of nitrogens with zero attached hydrogens (tertiary/aromatic N) is 4. The number of piperazine rings is 1. The van der Waals surface area contributed by atoms with Crippen LogP contribution in [0.4, 0.5) is 11.6 Å². The maximum atomic E-state index is 11.3. The number of aromatic nitrogens is 2. The second kappa shape index (κ2) is 4.46. The SMILES string of the molecule is CS(=O)(=O)N1CCN(c2ncc(N)cn2)CC1. The zero-order chi connectivity index (χ0) is 12.5. The van der Waals surface area contributed by atoms with Crippen LogP contribution in [-0.2, 0) is 10.0 Å². The van der Waals surface area contributed by atoms with Crippen LogP contribution in [0.25, 0.3) is 0 Å². The maximum absolute atomic E-state index is 11.3. The van der Waals surface area contributed by atoms with E-state index in [4.69, 9.17) is 5.73 Å². The standard InChI is InChI=1S/C9H15N5O2S/c1-17(15,16)14-4-2-13(3-5-14)9-11-6-8(10)7-12-9/h6-7H,2-5,10H2,1H3. The molecule has 1 fully saturated rings. The highest BCUT2D eigenvalue weighted by Gasteiger charge is 2.24. The summed E-state index contributed by atoms with van der Waals surface area (Å²) in [5, 5.41) is 0. The van der Waals surface area contributed by atoms with Crippen molar-refractivity contribution < 1.29 is 8.42 Å². The van der Waals surface area contributed by atoms with Crippen LogP contribution in [0.5, 0.6) is 0 Å². The number of nitrogen functional groups attached to an aromatic ring is 1. The predicted molar refractivity (Wildman–Crippen MR) is 65.1 cm³/mol. The van der Waals surface area contributed by atoms with Gasteiger partial charge in [-0.25, -0.2) is 18.4 Å². The van der Waals surface area contributed by atoms with E-state index in [0.29, 0.717) is 37.8 Å². The zero-order valence-electron chi connectivity index (χ0n) is 9.57. The minimum absolute atomic E-state index is 0.465. The van der Waals surface area contributed by atoms with Crippen molar-refractivity contribution in [2.24, 2.45) is 0 Å². The Labute approximate surface area is 100 Å². The molecule has 0 aliphatic carbocycles. The van der Waals surface area contributed by atoms with Gasteiger partial charge < -0.3 is 10.6 Å². The summed E-state index contributed by atoms with van der Waals surface area (Å²) in [6.07, 6.45) is 4.32. The van der Waals surface area contributed by atoms with Gasteiger partial charge in [0, 0.05) is 26.2 Å². The van der Waals surface area contributed by atoms with Crippen LogP contribution in [0.3, 0.4) is 0 Å². The molecular formula is C9H15N5O2S. The fourth-order valence-corrected chi connectivity index (χ4v) is 2.54. The Kier molecular flexibility index (Phi) is 3.16. The van der Waals surface area contributed by atoms with Gasteiger partial charge >= 0.3 is 0 Å².